The van der Waals surface area contributed by atoms with E-state index in [0.29, 0.717) is 11.4 Å². The quantitative estimate of drug-likeness (QED) is 0.751. The highest BCUT2D eigenvalue weighted by molar-refractivity contribution is 5.85. The molecule has 1 rings (SSSR count). The molecule has 0 aliphatic carbocycles. The third-order valence-electron chi connectivity index (χ3n) is 2.06. The Morgan fingerprint density at radius 1 is 1.33 bits per heavy atom. The van der Waals surface area contributed by atoms with E-state index in [4.69, 9.17) is 4.74 Å². The molecular weight excluding hydrogens is 194 g/mol. The monoisotopic (exact) mass is 208 g/mol. The van der Waals surface area contributed by atoms with Crippen LogP contribution in [-0.4, -0.2) is 19.2 Å². The van der Waals surface area contributed by atoms with E-state index in [1.165, 1.54) is 4.90 Å². The van der Waals surface area contributed by atoms with Crippen molar-refractivity contribution in [3.63, 3.8) is 0 Å². The number of nitrogens with zero attached hydrogens (tertiary/aromatic N) is 1. The molecule has 0 saturated carbocycles. The molecule has 0 spiro atoms. The van der Waals surface area contributed by atoms with Gasteiger partial charge in [0.2, 0.25) is 0 Å². The number of benzene rings is 1. The van der Waals surface area contributed by atoms with Gasteiger partial charge in [-0.2, -0.15) is 0 Å². The maximum atomic E-state index is 10.9. The fourth-order valence-corrected chi connectivity index (χ4v) is 1.36. The predicted octanol–water partition coefficient (Wildman–Crippen LogP) is 1.25. The molecule has 0 unspecified atom stereocenters. The summed E-state index contributed by atoms with van der Waals surface area (Å²) in [6.07, 6.45) is -1.20. The van der Waals surface area contributed by atoms with E-state index in [1.54, 1.807) is 45.2 Å². The summed E-state index contributed by atoms with van der Waals surface area (Å²) in [6, 6.07) is 6.66. The molecule has 15 heavy (non-hydrogen) atoms. The number of carbonyl (C=O) groups is 1. The van der Waals surface area contributed by atoms with Gasteiger partial charge in [0.05, 0.1) is 7.11 Å². The third kappa shape index (κ3) is 2.62. The molecule has 0 heterocycles. The molecule has 82 valence electrons. The van der Waals surface area contributed by atoms with Crippen LogP contribution in [0.25, 0.3) is 0 Å². The van der Waals surface area contributed by atoms with Crippen molar-refractivity contribution in [2.45, 2.75) is 19.9 Å². The van der Waals surface area contributed by atoms with E-state index in [0.717, 1.165) is 0 Å². The van der Waals surface area contributed by atoms with Crippen molar-refractivity contribution in [2.24, 2.45) is 0 Å². The summed E-state index contributed by atoms with van der Waals surface area (Å²) in [6.45, 7) is 3.58. The lowest BCUT2D eigenvalue weighted by atomic mass is 10.2. The molecule has 1 aromatic rings. The number of amides is 1. The van der Waals surface area contributed by atoms with Crippen LogP contribution in [0.5, 0.6) is 5.75 Å². The fourth-order valence-electron chi connectivity index (χ4n) is 1.36. The Kier molecular flexibility index (Phi) is 3.55. The summed E-state index contributed by atoms with van der Waals surface area (Å²) in [5.41, 5.74) is 0.589. The molecule has 0 bridgehead atoms. The van der Waals surface area contributed by atoms with Crippen molar-refractivity contribution in [3.8, 4) is 5.75 Å². The van der Waals surface area contributed by atoms with Crippen LogP contribution in [0.15, 0.2) is 24.3 Å². The SMILES string of the molecule is COc1ccc(N(C(=O)[O-])C(C)C)cc1. The van der Waals surface area contributed by atoms with Crippen molar-refractivity contribution >= 4 is 11.8 Å². The lowest BCUT2D eigenvalue weighted by molar-refractivity contribution is -0.247. The number of methoxy groups -OCH3 is 1. The summed E-state index contributed by atoms with van der Waals surface area (Å²) in [4.78, 5) is 12.1. The first-order valence-corrected chi connectivity index (χ1v) is 4.70. The van der Waals surface area contributed by atoms with Crippen LogP contribution < -0.4 is 14.7 Å². The molecule has 0 aliphatic rings. The zero-order valence-electron chi connectivity index (χ0n) is 9.06. The molecule has 0 fully saturated rings. The van der Waals surface area contributed by atoms with Gasteiger partial charge in [-0.1, -0.05) is 0 Å². The normalized spacial score (nSPS) is 10.1. The largest absolute Gasteiger partial charge is 0.530 e. The Morgan fingerprint density at radius 2 is 1.87 bits per heavy atom. The second-order valence-corrected chi connectivity index (χ2v) is 3.43. The van der Waals surface area contributed by atoms with Gasteiger partial charge in [-0.25, -0.2) is 0 Å². The van der Waals surface area contributed by atoms with Crippen LogP contribution in [0.2, 0.25) is 0 Å². The molecule has 0 atom stereocenters. The molecule has 0 radical (unpaired) electrons. The van der Waals surface area contributed by atoms with Crippen molar-refractivity contribution < 1.29 is 14.6 Å². The number of ether oxygens (including phenoxy) is 1. The van der Waals surface area contributed by atoms with Gasteiger partial charge >= 0.3 is 0 Å². The van der Waals surface area contributed by atoms with Gasteiger partial charge in [-0.05, 0) is 38.1 Å². The second kappa shape index (κ2) is 4.68. The van der Waals surface area contributed by atoms with Gasteiger partial charge < -0.3 is 19.5 Å². The molecule has 0 N–H and O–H groups in total. The van der Waals surface area contributed by atoms with Gasteiger partial charge in [-0.3, -0.25) is 0 Å². The van der Waals surface area contributed by atoms with Crippen molar-refractivity contribution in [1.29, 1.82) is 0 Å². The average molecular weight is 208 g/mol. The highest BCUT2D eigenvalue weighted by atomic mass is 16.5. The number of carboxylic acid groups (broad SMARTS) is 1. The van der Waals surface area contributed by atoms with Gasteiger partial charge in [-0.15, -0.1) is 0 Å². The summed E-state index contributed by atoms with van der Waals surface area (Å²) in [5, 5.41) is 10.9. The summed E-state index contributed by atoms with van der Waals surface area (Å²) in [5.74, 6) is 0.695. The van der Waals surface area contributed by atoms with Gasteiger partial charge in [0.25, 0.3) is 0 Å². The summed E-state index contributed by atoms with van der Waals surface area (Å²) < 4.78 is 4.99. The van der Waals surface area contributed by atoms with E-state index in [9.17, 15) is 9.90 Å². The molecule has 1 aromatic carbocycles. The first-order chi connectivity index (χ1) is 7.06. The van der Waals surface area contributed by atoms with Crippen LogP contribution in [-0.2, 0) is 0 Å². The van der Waals surface area contributed by atoms with Gasteiger partial charge in [0, 0.05) is 11.7 Å². The Hall–Kier alpha value is -1.71. The Balaban J connectivity index is 2.97. The van der Waals surface area contributed by atoms with Crippen LogP contribution in [0.3, 0.4) is 0 Å². The van der Waals surface area contributed by atoms with Crippen LogP contribution >= 0.6 is 0 Å². The van der Waals surface area contributed by atoms with E-state index >= 15 is 0 Å². The van der Waals surface area contributed by atoms with E-state index < -0.39 is 6.09 Å². The Labute approximate surface area is 89.1 Å². The van der Waals surface area contributed by atoms with Gasteiger partial charge in [0.1, 0.15) is 11.8 Å². The molecular formula is C11H14NO3-. The zero-order valence-corrected chi connectivity index (χ0v) is 9.06. The minimum atomic E-state index is -1.20. The van der Waals surface area contributed by atoms with E-state index in [2.05, 4.69) is 0 Å². The number of hydrogen-bond donors (Lipinski definition) is 0. The molecule has 0 saturated heterocycles. The number of carbonyl (C=O) groups excluding carboxylic acids is 1. The number of hydrogen-bond acceptors (Lipinski definition) is 3. The first kappa shape index (κ1) is 11.4. The van der Waals surface area contributed by atoms with Crippen molar-refractivity contribution in [1.82, 2.24) is 0 Å². The summed E-state index contributed by atoms with van der Waals surface area (Å²) >= 11 is 0. The van der Waals surface area contributed by atoms with E-state index in [1.807, 2.05) is 0 Å². The Bertz CT molecular complexity index is 332. The predicted molar refractivity (Wildman–Crippen MR) is 56.0 cm³/mol. The molecule has 0 aromatic heterocycles. The van der Waals surface area contributed by atoms with Gasteiger partial charge in [0.15, 0.2) is 0 Å². The lowest BCUT2D eigenvalue weighted by Crippen LogP contribution is -2.45. The van der Waals surface area contributed by atoms with Crippen LogP contribution in [0, 0.1) is 0 Å². The van der Waals surface area contributed by atoms with Crippen LogP contribution in [0.4, 0.5) is 10.5 Å². The Morgan fingerprint density at radius 3 is 2.20 bits per heavy atom. The topological polar surface area (TPSA) is 52.6 Å². The fraction of sp³-hybridized carbons (Fsp3) is 0.364. The summed E-state index contributed by atoms with van der Waals surface area (Å²) in [7, 11) is 1.56. The lowest BCUT2D eigenvalue weighted by Gasteiger charge is -2.29. The molecule has 1 amide bonds. The minimum Gasteiger partial charge on any atom is -0.530 e. The highest BCUT2D eigenvalue weighted by Gasteiger charge is 2.11. The van der Waals surface area contributed by atoms with Crippen molar-refractivity contribution in [3.05, 3.63) is 24.3 Å². The highest BCUT2D eigenvalue weighted by Crippen LogP contribution is 2.20. The van der Waals surface area contributed by atoms with Crippen LogP contribution in [0.1, 0.15) is 13.8 Å². The number of rotatable bonds is 3. The second-order valence-electron chi connectivity index (χ2n) is 3.43. The number of anilines is 1. The third-order valence-corrected chi connectivity index (χ3v) is 2.06. The van der Waals surface area contributed by atoms with Crippen molar-refractivity contribution in [2.75, 3.05) is 12.0 Å². The molecule has 4 heteroatoms. The average Bonchev–Trinajstić information content (AvgIpc) is 2.18. The van der Waals surface area contributed by atoms with E-state index in [-0.39, 0.29) is 6.04 Å². The maximum absolute atomic E-state index is 10.9. The minimum absolute atomic E-state index is 0.150. The standard InChI is InChI=1S/C11H15NO3/c1-8(2)12(11(13)14)9-4-6-10(15-3)7-5-9/h4-8H,1-3H3,(H,13,14)/p-1. The zero-order chi connectivity index (χ0) is 11.4. The molecule has 0 aliphatic heterocycles. The molecule has 4 nitrogen and oxygen atoms in total. The maximum Gasteiger partial charge on any atom is 0.141 e. The smallest absolute Gasteiger partial charge is 0.141 e. The first-order valence-electron chi connectivity index (χ1n) is 4.70.